The summed E-state index contributed by atoms with van der Waals surface area (Å²) in [5.74, 6) is -0.622. The van der Waals surface area contributed by atoms with Gasteiger partial charge in [-0.1, -0.05) is 6.07 Å². The highest BCUT2D eigenvalue weighted by Crippen LogP contribution is 2.31. The second-order valence-corrected chi connectivity index (χ2v) is 4.81. The number of para-hydroxylation sites is 1. The van der Waals surface area contributed by atoms with Gasteiger partial charge in [-0.15, -0.1) is 0 Å². The zero-order valence-corrected chi connectivity index (χ0v) is 11.9. The summed E-state index contributed by atoms with van der Waals surface area (Å²) in [7, 11) is 0. The van der Waals surface area contributed by atoms with E-state index in [-0.39, 0.29) is 30.2 Å². The van der Waals surface area contributed by atoms with Gasteiger partial charge in [0.05, 0.1) is 19.6 Å². The third-order valence-electron chi connectivity index (χ3n) is 3.03. The van der Waals surface area contributed by atoms with E-state index in [9.17, 15) is 14.7 Å². The third-order valence-corrected chi connectivity index (χ3v) is 3.03. The molecule has 0 unspecified atom stereocenters. The number of aromatic carboxylic acids is 1. The van der Waals surface area contributed by atoms with Crippen molar-refractivity contribution in [2.24, 2.45) is 0 Å². The first-order valence-corrected chi connectivity index (χ1v) is 7.03. The van der Waals surface area contributed by atoms with Crippen molar-refractivity contribution >= 4 is 11.9 Å². The molecular weight excluding hydrogens is 274 g/mol. The number of carboxylic acid groups (broad SMARTS) is 1. The highest BCUT2D eigenvalue weighted by molar-refractivity contribution is 5.92. The molecule has 0 saturated heterocycles. The number of benzene rings is 1. The summed E-state index contributed by atoms with van der Waals surface area (Å²) < 4.78 is 10.9. The number of amides is 1. The monoisotopic (exact) mass is 293 g/mol. The van der Waals surface area contributed by atoms with Crippen LogP contribution in [0.2, 0.25) is 0 Å². The Hall–Kier alpha value is -2.24. The number of carbonyl (C=O) groups excluding carboxylic acids is 1. The van der Waals surface area contributed by atoms with Gasteiger partial charge >= 0.3 is 5.97 Å². The highest BCUT2D eigenvalue weighted by atomic mass is 16.5. The summed E-state index contributed by atoms with van der Waals surface area (Å²) in [4.78, 5) is 22.8. The molecule has 0 heterocycles. The van der Waals surface area contributed by atoms with E-state index < -0.39 is 5.97 Å². The maximum absolute atomic E-state index is 11.6. The molecule has 0 atom stereocenters. The van der Waals surface area contributed by atoms with E-state index in [1.165, 1.54) is 6.07 Å². The van der Waals surface area contributed by atoms with Gasteiger partial charge in [-0.3, -0.25) is 4.79 Å². The molecule has 0 aromatic heterocycles. The van der Waals surface area contributed by atoms with Crippen LogP contribution >= 0.6 is 0 Å². The Kier molecular flexibility index (Phi) is 5.03. The molecule has 6 heteroatoms. The molecule has 0 radical (unpaired) electrons. The summed E-state index contributed by atoms with van der Waals surface area (Å²) in [5, 5.41) is 12.0. The van der Waals surface area contributed by atoms with Crippen LogP contribution in [-0.4, -0.2) is 36.2 Å². The molecule has 1 amide bonds. The fraction of sp³-hybridized carbons (Fsp3) is 0.467. The predicted molar refractivity (Wildman–Crippen MR) is 75.8 cm³/mol. The first-order chi connectivity index (χ1) is 10.1. The molecule has 1 aliphatic carbocycles. The Bertz CT molecular complexity index is 525. The van der Waals surface area contributed by atoms with Crippen LogP contribution < -0.4 is 14.8 Å². The molecule has 1 aromatic rings. The van der Waals surface area contributed by atoms with E-state index >= 15 is 0 Å². The molecule has 2 rings (SSSR count). The van der Waals surface area contributed by atoms with E-state index in [0.29, 0.717) is 18.4 Å². The molecule has 1 saturated carbocycles. The lowest BCUT2D eigenvalue weighted by Gasteiger charge is -2.14. The first-order valence-electron chi connectivity index (χ1n) is 7.03. The van der Waals surface area contributed by atoms with E-state index in [1.807, 2.05) is 0 Å². The fourth-order valence-electron chi connectivity index (χ4n) is 1.88. The van der Waals surface area contributed by atoms with Crippen LogP contribution in [0.15, 0.2) is 18.2 Å². The Morgan fingerprint density at radius 1 is 1.33 bits per heavy atom. The second-order valence-electron chi connectivity index (χ2n) is 4.81. The average Bonchev–Trinajstić information content (AvgIpc) is 3.24. The van der Waals surface area contributed by atoms with E-state index in [2.05, 4.69) is 5.32 Å². The van der Waals surface area contributed by atoms with E-state index in [4.69, 9.17) is 9.47 Å². The van der Waals surface area contributed by atoms with Crippen LogP contribution in [0.25, 0.3) is 0 Å². The molecule has 0 spiro atoms. The summed E-state index contributed by atoms with van der Waals surface area (Å²) in [6, 6.07) is 5.00. The average molecular weight is 293 g/mol. The van der Waals surface area contributed by atoms with E-state index in [1.54, 1.807) is 19.1 Å². The standard InChI is InChI=1S/C15H19NO5/c1-2-20-12-5-3-4-11(15(18)19)14(12)21-9-8-13(17)16-10-6-7-10/h3-5,10H,2,6-9H2,1H3,(H,16,17)(H,18,19). The number of rotatable bonds is 8. The van der Waals surface area contributed by atoms with Crippen molar-refractivity contribution in [1.29, 1.82) is 0 Å². The number of carboxylic acids is 1. The van der Waals surface area contributed by atoms with Gasteiger partial charge < -0.3 is 19.9 Å². The predicted octanol–water partition coefficient (Wildman–Crippen LogP) is 1.83. The SMILES string of the molecule is CCOc1cccc(C(=O)O)c1OCCC(=O)NC1CC1. The molecule has 1 aromatic carbocycles. The maximum atomic E-state index is 11.6. The number of carbonyl (C=O) groups is 2. The van der Waals surface area contributed by atoms with Crippen LogP contribution in [0.4, 0.5) is 0 Å². The molecule has 2 N–H and O–H groups in total. The van der Waals surface area contributed by atoms with Crippen molar-refractivity contribution in [2.45, 2.75) is 32.2 Å². The number of hydrogen-bond donors (Lipinski definition) is 2. The lowest BCUT2D eigenvalue weighted by molar-refractivity contribution is -0.121. The lowest BCUT2D eigenvalue weighted by Crippen LogP contribution is -2.26. The molecule has 0 aliphatic heterocycles. The molecule has 1 aliphatic rings. The fourth-order valence-corrected chi connectivity index (χ4v) is 1.88. The zero-order valence-electron chi connectivity index (χ0n) is 11.9. The topological polar surface area (TPSA) is 84.9 Å². The van der Waals surface area contributed by atoms with Gasteiger partial charge in [0.25, 0.3) is 0 Å². The van der Waals surface area contributed by atoms with Gasteiger partial charge in [-0.25, -0.2) is 4.79 Å². The molecule has 0 bridgehead atoms. The first kappa shape index (κ1) is 15.2. The van der Waals surface area contributed by atoms with Gasteiger partial charge in [-0.2, -0.15) is 0 Å². The quantitative estimate of drug-likeness (QED) is 0.764. The summed E-state index contributed by atoms with van der Waals surface area (Å²) in [6.45, 7) is 2.32. The third kappa shape index (κ3) is 4.37. The van der Waals surface area contributed by atoms with Gasteiger partial charge in [0.1, 0.15) is 5.56 Å². The van der Waals surface area contributed by atoms with E-state index in [0.717, 1.165) is 12.8 Å². The van der Waals surface area contributed by atoms with Gasteiger partial charge in [0.15, 0.2) is 11.5 Å². The van der Waals surface area contributed by atoms with Crippen molar-refractivity contribution in [3.63, 3.8) is 0 Å². The summed E-state index contributed by atoms with van der Waals surface area (Å²) in [6.07, 6.45) is 2.25. The smallest absolute Gasteiger partial charge is 0.339 e. The van der Waals surface area contributed by atoms with Gasteiger partial charge in [0.2, 0.25) is 5.91 Å². The van der Waals surface area contributed by atoms with Crippen molar-refractivity contribution < 1.29 is 24.2 Å². The summed E-state index contributed by atoms with van der Waals surface area (Å²) in [5.41, 5.74) is 0.0311. The molecule has 21 heavy (non-hydrogen) atoms. The minimum Gasteiger partial charge on any atom is -0.490 e. The second kappa shape index (κ2) is 6.97. The Balaban J connectivity index is 1.98. The normalized spacial score (nSPS) is 13.6. The van der Waals surface area contributed by atoms with Crippen LogP contribution in [-0.2, 0) is 4.79 Å². The number of hydrogen-bond acceptors (Lipinski definition) is 4. The van der Waals surface area contributed by atoms with Crippen molar-refractivity contribution in [2.75, 3.05) is 13.2 Å². The minimum atomic E-state index is -1.09. The molecule has 6 nitrogen and oxygen atoms in total. The minimum absolute atomic E-state index is 0.0311. The number of nitrogens with one attached hydrogen (secondary N) is 1. The van der Waals surface area contributed by atoms with Gasteiger partial charge in [0, 0.05) is 6.04 Å². The Morgan fingerprint density at radius 2 is 2.10 bits per heavy atom. The Labute approximate surface area is 123 Å². The highest BCUT2D eigenvalue weighted by Gasteiger charge is 2.23. The van der Waals surface area contributed by atoms with Crippen molar-refractivity contribution in [3.05, 3.63) is 23.8 Å². The molecule has 1 fully saturated rings. The number of ether oxygens (including phenoxy) is 2. The Morgan fingerprint density at radius 3 is 2.71 bits per heavy atom. The van der Waals surface area contributed by atoms with Gasteiger partial charge in [-0.05, 0) is 31.9 Å². The summed E-state index contributed by atoms with van der Waals surface area (Å²) >= 11 is 0. The largest absolute Gasteiger partial charge is 0.490 e. The maximum Gasteiger partial charge on any atom is 0.339 e. The van der Waals surface area contributed by atoms with Crippen LogP contribution in [0.3, 0.4) is 0 Å². The van der Waals surface area contributed by atoms with Crippen LogP contribution in [0.1, 0.15) is 36.5 Å². The zero-order chi connectivity index (χ0) is 15.2. The lowest BCUT2D eigenvalue weighted by atomic mass is 10.2. The van der Waals surface area contributed by atoms with Crippen LogP contribution in [0.5, 0.6) is 11.5 Å². The van der Waals surface area contributed by atoms with Crippen molar-refractivity contribution in [3.8, 4) is 11.5 Å². The van der Waals surface area contributed by atoms with Crippen molar-refractivity contribution in [1.82, 2.24) is 5.32 Å². The molecule has 114 valence electrons. The van der Waals surface area contributed by atoms with Crippen LogP contribution in [0, 0.1) is 0 Å². The molecular formula is C15H19NO5.